The van der Waals surface area contributed by atoms with Gasteiger partial charge in [0.25, 0.3) is 5.91 Å². The maximum atomic E-state index is 12.6. The molecule has 2 aromatic carbocycles. The largest absolute Gasteiger partial charge is 0.449 e. The monoisotopic (exact) mass is 367 g/mol. The van der Waals surface area contributed by atoms with Gasteiger partial charge in [0.05, 0.1) is 17.8 Å². The van der Waals surface area contributed by atoms with Crippen LogP contribution in [0.25, 0.3) is 11.1 Å². The maximum absolute atomic E-state index is 12.6. The predicted octanol–water partition coefficient (Wildman–Crippen LogP) is 3.53. The molecule has 3 atom stereocenters. The molecule has 2 aromatic rings. The Labute approximate surface area is 159 Å². The topological polar surface area (TPSA) is 55.8 Å². The Morgan fingerprint density at radius 2 is 1.52 bits per heavy atom. The van der Waals surface area contributed by atoms with Gasteiger partial charge in [-0.3, -0.25) is 4.79 Å². The molecule has 1 fully saturated rings. The summed E-state index contributed by atoms with van der Waals surface area (Å²) < 4.78 is 11.0. The van der Waals surface area contributed by atoms with Gasteiger partial charge >= 0.3 is 5.97 Å². The van der Waals surface area contributed by atoms with Gasteiger partial charge in [0, 0.05) is 13.1 Å². The van der Waals surface area contributed by atoms with Crippen LogP contribution < -0.4 is 0 Å². The Morgan fingerprint density at radius 3 is 2.11 bits per heavy atom. The van der Waals surface area contributed by atoms with Crippen molar-refractivity contribution in [2.75, 3.05) is 13.1 Å². The van der Waals surface area contributed by atoms with Crippen LogP contribution in [-0.2, 0) is 14.3 Å². The molecule has 1 heterocycles. The van der Waals surface area contributed by atoms with Gasteiger partial charge < -0.3 is 14.4 Å². The van der Waals surface area contributed by atoms with E-state index < -0.39 is 12.1 Å². The first kappa shape index (κ1) is 19.1. The van der Waals surface area contributed by atoms with Gasteiger partial charge in [-0.15, -0.1) is 0 Å². The van der Waals surface area contributed by atoms with Crippen LogP contribution in [0.4, 0.5) is 0 Å². The van der Waals surface area contributed by atoms with E-state index in [1.807, 2.05) is 56.3 Å². The first-order valence-electron chi connectivity index (χ1n) is 9.24. The number of ether oxygens (including phenoxy) is 2. The zero-order valence-electron chi connectivity index (χ0n) is 15.9. The molecule has 1 amide bonds. The van der Waals surface area contributed by atoms with E-state index in [0.717, 1.165) is 11.1 Å². The molecule has 0 spiro atoms. The Bertz CT molecular complexity index is 778. The number of hydrogen-bond acceptors (Lipinski definition) is 4. The molecule has 3 unspecified atom stereocenters. The molecule has 1 saturated heterocycles. The van der Waals surface area contributed by atoms with Gasteiger partial charge in [0.15, 0.2) is 6.10 Å². The van der Waals surface area contributed by atoms with Crippen molar-refractivity contribution in [1.82, 2.24) is 4.90 Å². The number of carbonyl (C=O) groups excluding carboxylic acids is 2. The standard InChI is InChI=1S/C22H25NO4/c1-15-13-23(14-16(2)26-15)21(24)17(3)27-22(25)20-11-9-19(10-12-20)18-7-5-4-6-8-18/h4-12,15-17H,13-14H2,1-3H3. The second-order valence-electron chi connectivity index (χ2n) is 6.99. The highest BCUT2D eigenvalue weighted by atomic mass is 16.5. The summed E-state index contributed by atoms with van der Waals surface area (Å²) in [6.07, 6.45) is -0.874. The minimum Gasteiger partial charge on any atom is -0.449 e. The fourth-order valence-corrected chi connectivity index (χ4v) is 3.32. The van der Waals surface area contributed by atoms with Gasteiger partial charge in [-0.2, -0.15) is 0 Å². The minimum atomic E-state index is -0.830. The fraction of sp³-hybridized carbons (Fsp3) is 0.364. The maximum Gasteiger partial charge on any atom is 0.338 e. The van der Waals surface area contributed by atoms with Crippen LogP contribution in [-0.4, -0.2) is 48.2 Å². The van der Waals surface area contributed by atoms with Crippen LogP contribution in [0.15, 0.2) is 54.6 Å². The first-order valence-corrected chi connectivity index (χ1v) is 9.24. The van der Waals surface area contributed by atoms with Crippen LogP contribution in [0, 0.1) is 0 Å². The van der Waals surface area contributed by atoms with E-state index in [4.69, 9.17) is 9.47 Å². The molecule has 142 valence electrons. The van der Waals surface area contributed by atoms with Crippen molar-refractivity contribution in [2.45, 2.75) is 39.1 Å². The third-order valence-electron chi connectivity index (χ3n) is 4.59. The summed E-state index contributed by atoms with van der Waals surface area (Å²) in [5.41, 5.74) is 2.53. The highest BCUT2D eigenvalue weighted by molar-refractivity contribution is 5.92. The van der Waals surface area contributed by atoms with Gasteiger partial charge in [-0.05, 0) is 44.0 Å². The second-order valence-corrected chi connectivity index (χ2v) is 6.99. The van der Waals surface area contributed by atoms with Crippen molar-refractivity contribution < 1.29 is 19.1 Å². The summed E-state index contributed by atoms with van der Waals surface area (Å²) in [6, 6.07) is 17.1. The van der Waals surface area contributed by atoms with E-state index in [1.54, 1.807) is 24.0 Å². The van der Waals surface area contributed by atoms with E-state index in [-0.39, 0.29) is 18.1 Å². The van der Waals surface area contributed by atoms with Crippen LogP contribution in [0.2, 0.25) is 0 Å². The van der Waals surface area contributed by atoms with Crippen molar-refractivity contribution in [2.24, 2.45) is 0 Å². The van der Waals surface area contributed by atoms with Crippen molar-refractivity contribution in [3.8, 4) is 11.1 Å². The lowest BCUT2D eigenvalue weighted by molar-refractivity contribution is -0.151. The van der Waals surface area contributed by atoms with Crippen LogP contribution in [0.3, 0.4) is 0 Å². The van der Waals surface area contributed by atoms with E-state index in [0.29, 0.717) is 18.7 Å². The molecule has 27 heavy (non-hydrogen) atoms. The molecule has 3 rings (SSSR count). The number of morpholine rings is 1. The van der Waals surface area contributed by atoms with E-state index >= 15 is 0 Å². The van der Waals surface area contributed by atoms with Crippen LogP contribution >= 0.6 is 0 Å². The SMILES string of the molecule is CC1CN(C(=O)C(C)OC(=O)c2ccc(-c3ccccc3)cc2)CC(C)O1. The average Bonchev–Trinajstić information content (AvgIpc) is 2.67. The average molecular weight is 367 g/mol. The zero-order chi connectivity index (χ0) is 19.4. The second kappa shape index (κ2) is 8.35. The smallest absolute Gasteiger partial charge is 0.338 e. The summed E-state index contributed by atoms with van der Waals surface area (Å²) in [7, 11) is 0. The number of amides is 1. The lowest BCUT2D eigenvalue weighted by Gasteiger charge is -2.36. The number of hydrogen-bond donors (Lipinski definition) is 0. The Balaban J connectivity index is 1.62. The summed E-state index contributed by atoms with van der Waals surface area (Å²) in [5, 5.41) is 0. The minimum absolute atomic E-state index is 0.0221. The van der Waals surface area contributed by atoms with Crippen molar-refractivity contribution in [3.63, 3.8) is 0 Å². The van der Waals surface area contributed by atoms with E-state index in [1.165, 1.54) is 0 Å². The predicted molar refractivity (Wildman–Crippen MR) is 103 cm³/mol. The normalized spacial score (nSPS) is 20.8. The van der Waals surface area contributed by atoms with Gasteiger partial charge in [-0.1, -0.05) is 42.5 Å². The van der Waals surface area contributed by atoms with Gasteiger partial charge in [-0.25, -0.2) is 4.79 Å². The molecule has 0 bridgehead atoms. The lowest BCUT2D eigenvalue weighted by atomic mass is 10.0. The molecule has 0 saturated carbocycles. The number of nitrogens with zero attached hydrogens (tertiary/aromatic N) is 1. The van der Waals surface area contributed by atoms with Crippen molar-refractivity contribution >= 4 is 11.9 Å². The highest BCUT2D eigenvalue weighted by Gasteiger charge is 2.30. The number of esters is 1. The molecule has 0 aliphatic carbocycles. The molecular formula is C22H25NO4. The van der Waals surface area contributed by atoms with Gasteiger partial charge in [0.1, 0.15) is 0 Å². The number of rotatable bonds is 4. The first-order chi connectivity index (χ1) is 12.9. The van der Waals surface area contributed by atoms with E-state index in [9.17, 15) is 9.59 Å². The summed E-state index contributed by atoms with van der Waals surface area (Å²) in [6.45, 7) is 6.50. The van der Waals surface area contributed by atoms with Crippen LogP contribution in [0.5, 0.6) is 0 Å². The van der Waals surface area contributed by atoms with Gasteiger partial charge in [0.2, 0.25) is 0 Å². The molecule has 0 N–H and O–H groups in total. The third kappa shape index (κ3) is 4.74. The Morgan fingerprint density at radius 1 is 0.963 bits per heavy atom. The molecule has 1 aliphatic heterocycles. The summed E-state index contributed by atoms with van der Waals surface area (Å²) in [5.74, 6) is -0.684. The summed E-state index contributed by atoms with van der Waals surface area (Å²) in [4.78, 5) is 26.7. The number of carbonyl (C=O) groups is 2. The Kier molecular flexibility index (Phi) is 5.91. The van der Waals surface area contributed by atoms with Crippen molar-refractivity contribution in [1.29, 1.82) is 0 Å². The zero-order valence-corrected chi connectivity index (χ0v) is 15.9. The van der Waals surface area contributed by atoms with Crippen molar-refractivity contribution in [3.05, 3.63) is 60.2 Å². The summed E-state index contributed by atoms with van der Waals surface area (Å²) >= 11 is 0. The molecular weight excluding hydrogens is 342 g/mol. The number of benzene rings is 2. The molecule has 1 aliphatic rings. The third-order valence-corrected chi connectivity index (χ3v) is 4.59. The molecule has 0 radical (unpaired) electrons. The van der Waals surface area contributed by atoms with E-state index in [2.05, 4.69) is 0 Å². The quantitative estimate of drug-likeness (QED) is 0.776. The molecule has 5 heteroatoms. The molecule has 5 nitrogen and oxygen atoms in total. The Hall–Kier alpha value is -2.66. The highest BCUT2D eigenvalue weighted by Crippen LogP contribution is 2.20. The van der Waals surface area contributed by atoms with Crippen LogP contribution in [0.1, 0.15) is 31.1 Å². The molecule has 0 aromatic heterocycles. The fourth-order valence-electron chi connectivity index (χ4n) is 3.32. The lowest BCUT2D eigenvalue weighted by Crippen LogP contribution is -2.51.